The number of aromatic amines is 1. The van der Waals surface area contributed by atoms with Gasteiger partial charge in [-0.1, -0.05) is 0 Å². The summed E-state index contributed by atoms with van der Waals surface area (Å²) in [6.45, 7) is 0. The summed E-state index contributed by atoms with van der Waals surface area (Å²) in [6, 6.07) is 6.79. The fourth-order valence-electron chi connectivity index (χ4n) is 3.72. The van der Waals surface area contributed by atoms with Crippen LogP contribution in [0.15, 0.2) is 43.0 Å². The number of nitrogens with zero attached hydrogens (tertiary/aromatic N) is 5. The van der Waals surface area contributed by atoms with Crippen LogP contribution >= 0.6 is 0 Å². The molecule has 1 saturated carbocycles. The molecule has 6 nitrogen and oxygen atoms in total. The molecule has 4 aromatic heterocycles. The highest BCUT2D eigenvalue weighted by atomic mass is 15.3. The Balaban J connectivity index is 1.58. The SMILES string of the molecule is c1ccn([C@H]2CC[C@@H](c3nnc4cnc5[nH]ccc5n34)C2)c1. The van der Waals surface area contributed by atoms with E-state index < -0.39 is 0 Å². The maximum atomic E-state index is 4.47. The van der Waals surface area contributed by atoms with Crippen LogP contribution in [0.2, 0.25) is 0 Å². The molecule has 1 aliphatic rings. The van der Waals surface area contributed by atoms with Crippen molar-refractivity contribution in [3.63, 3.8) is 0 Å². The number of rotatable bonds is 2. The molecule has 2 atom stereocenters. The monoisotopic (exact) mass is 292 g/mol. The highest BCUT2D eigenvalue weighted by Crippen LogP contribution is 2.40. The summed E-state index contributed by atoms with van der Waals surface area (Å²) >= 11 is 0. The minimum Gasteiger partial charge on any atom is -0.351 e. The molecule has 1 fully saturated rings. The van der Waals surface area contributed by atoms with E-state index in [1.807, 2.05) is 12.3 Å². The van der Waals surface area contributed by atoms with Crippen molar-refractivity contribution < 1.29 is 0 Å². The van der Waals surface area contributed by atoms with Gasteiger partial charge in [-0.05, 0) is 37.5 Å². The van der Waals surface area contributed by atoms with Gasteiger partial charge in [-0.2, -0.15) is 0 Å². The van der Waals surface area contributed by atoms with Gasteiger partial charge in [0.05, 0.1) is 11.7 Å². The third-order valence-electron chi connectivity index (χ3n) is 4.79. The maximum absolute atomic E-state index is 4.47. The Hall–Kier alpha value is -2.63. The number of nitrogens with one attached hydrogen (secondary N) is 1. The van der Waals surface area contributed by atoms with Gasteiger partial charge in [0.25, 0.3) is 0 Å². The van der Waals surface area contributed by atoms with E-state index >= 15 is 0 Å². The van der Waals surface area contributed by atoms with Crippen molar-refractivity contribution in [3.05, 3.63) is 48.8 Å². The Morgan fingerprint density at radius 1 is 1.14 bits per heavy atom. The first kappa shape index (κ1) is 12.0. The van der Waals surface area contributed by atoms with Crippen LogP contribution < -0.4 is 0 Å². The summed E-state index contributed by atoms with van der Waals surface area (Å²) in [5.41, 5.74) is 2.77. The molecular weight excluding hydrogens is 276 g/mol. The standard InChI is InChI=1S/C16H16N6/c1-2-8-21(7-1)12-4-3-11(9-12)16-20-19-14-10-18-15-13(22(14)16)5-6-17-15/h1-2,5-8,10-12,17H,3-4,9H2/t11-,12+/m1/s1. The van der Waals surface area contributed by atoms with Crippen LogP contribution in [-0.2, 0) is 0 Å². The summed E-state index contributed by atoms with van der Waals surface area (Å²) in [5, 5.41) is 8.78. The van der Waals surface area contributed by atoms with E-state index in [9.17, 15) is 0 Å². The normalized spacial score (nSPS) is 22.0. The maximum Gasteiger partial charge on any atom is 0.179 e. The zero-order valence-corrected chi connectivity index (χ0v) is 12.1. The molecule has 0 spiro atoms. The first-order valence-corrected chi connectivity index (χ1v) is 7.70. The number of fused-ring (bicyclic) bond motifs is 3. The minimum atomic E-state index is 0.447. The lowest BCUT2D eigenvalue weighted by atomic mass is 10.1. The molecule has 1 N–H and O–H groups in total. The van der Waals surface area contributed by atoms with E-state index in [-0.39, 0.29) is 0 Å². The Morgan fingerprint density at radius 2 is 2.05 bits per heavy atom. The lowest BCUT2D eigenvalue weighted by Gasteiger charge is -2.12. The summed E-state index contributed by atoms with van der Waals surface area (Å²) < 4.78 is 4.47. The van der Waals surface area contributed by atoms with Crippen molar-refractivity contribution in [1.29, 1.82) is 0 Å². The molecule has 4 aromatic rings. The zero-order chi connectivity index (χ0) is 14.5. The summed E-state index contributed by atoms with van der Waals surface area (Å²) in [6.07, 6.45) is 11.5. The molecule has 1 aliphatic carbocycles. The molecule has 4 heterocycles. The van der Waals surface area contributed by atoms with E-state index in [1.165, 1.54) is 6.42 Å². The van der Waals surface area contributed by atoms with Gasteiger partial charge in [0.15, 0.2) is 11.3 Å². The van der Waals surface area contributed by atoms with Gasteiger partial charge in [-0.15, -0.1) is 10.2 Å². The van der Waals surface area contributed by atoms with E-state index in [2.05, 4.69) is 53.7 Å². The Morgan fingerprint density at radius 3 is 2.95 bits per heavy atom. The molecule has 0 amide bonds. The fraction of sp³-hybridized carbons (Fsp3) is 0.312. The Labute approximate surface area is 126 Å². The molecule has 110 valence electrons. The second-order valence-electron chi connectivity index (χ2n) is 6.02. The lowest BCUT2D eigenvalue weighted by Crippen LogP contribution is -2.05. The largest absolute Gasteiger partial charge is 0.351 e. The van der Waals surface area contributed by atoms with Crippen molar-refractivity contribution >= 4 is 16.8 Å². The van der Waals surface area contributed by atoms with Crippen molar-refractivity contribution in [2.45, 2.75) is 31.2 Å². The van der Waals surface area contributed by atoms with E-state index in [0.29, 0.717) is 12.0 Å². The first-order valence-electron chi connectivity index (χ1n) is 7.70. The topological polar surface area (TPSA) is 63.8 Å². The van der Waals surface area contributed by atoms with Gasteiger partial charge in [0.1, 0.15) is 5.82 Å². The van der Waals surface area contributed by atoms with Crippen LogP contribution in [0, 0.1) is 0 Å². The lowest BCUT2D eigenvalue weighted by molar-refractivity contribution is 0.508. The van der Waals surface area contributed by atoms with Crippen molar-refractivity contribution in [1.82, 2.24) is 29.1 Å². The predicted molar refractivity (Wildman–Crippen MR) is 82.7 cm³/mol. The van der Waals surface area contributed by atoms with Crippen molar-refractivity contribution in [2.24, 2.45) is 0 Å². The molecule has 0 radical (unpaired) electrons. The van der Waals surface area contributed by atoms with Crippen LogP contribution in [0.3, 0.4) is 0 Å². The second-order valence-corrected chi connectivity index (χ2v) is 6.02. The number of hydrogen-bond acceptors (Lipinski definition) is 3. The third-order valence-corrected chi connectivity index (χ3v) is 4.79. The first-order chi connectivity index (χ1) is 10.9. The smallest absolute Gasteiger partial charge is 0.179 e. The van der Waals surface area contributed by atoms with Crippen LogP contribution in [0.1, 0.15) is 37.0 Å². The Kier molecular flexibility index (Phi) is 2.41. The van der Waals surface area contributed by atoms with E-state index in [0.717, 1.165) is 35.5 Å². The molecule has 0 saturated heterocycles. The number of aromatic nitrogens is 6. The molecule has 0 unspecified atom stereocenters. The Bertz CT molecular complexity index is 932. The van der Waals surface area contributed by atoms with Gasteiger partial charge < -0.3 is 9.55 Å². The van der Waals surface area contributed by atoms with Crippen LogP contribution in [-0.4, -0.2) is 29.1 Å². The molecule has 5 rings (SSSR count). The summed E-state index contributed by atoms with van der Waals surface area (Å²) in [5.74, 6) is 1.51. The number of H-pyrrole nitrogens is 1. The molecule has 0 aliphatic heterocycles. The van der Waals surface area contributed by atoms with Gasteiger partial charge in [-0.3, -0.25) is 4.40 Å². The molecule has 22 heavy (non-hydrogen) atoms. The van der Waals surface area contributed by atoms with Gasteiger partial charge in [-0.25, -0.2) is 4.98 Å². The highest BCUT2D eigenvalue weighted by Gasteiger charge is 2.30. The third kappa shape index (κ3) is 1.63. The summed E-state index contributed by atoms with van der Waals surface area (Å²) in [4.78, 5) is 7.54. The fourth-order valence-corrected chi connectivity index (χ4v) is 3.72. The van der Waals surface area contributed by atoms with E-state index in [4.69, 9.17) is 0 Å². The van der Waals surface area contributed by atoms with E-state index in [1.54, 1.807) is 6.20 Å². The van der Waals surface area contributed by atoms with Gasteiger partial charge in [0.2, 0.25) is 0 Å². The highest BCUT2D eigenvalue weighted by molar-refractivity contribution is 5.74. The van der Waals surface area contributed by atoms with Crippen LogP contribution in [0.25, 0.3) is 16.8 Å². The predicted octanol–water partition coefficient (Wildman–Crippen LogP) is 2.92. The molecule has 0 aromatic carbocycles. The van der Waals surface area contributed by atoms with Gasteiger partial charge in [0, 0.05) is 30.6 Å². The number of hydrogen-bond donors (Lipinski definition) is 1. The van der Waals surface area contributed by atoms with Crippen LogP contribution in [0.5, 0.6) is 0 Å². The van der Waals surface area contributed by atoms with Crippen LogP contribution in [0.4, 0.5) is 0 Å². The molecule has 6 heteroatoms. The van der Waals surface area contributed by atoms with Crippen molar-refractivity contribution in [3.8, 4) is 0 Å². The minimum absolute atomic E-state index is 0.447. The average Bonchev–Trinajstić information content (AvgIpc) is 3.28. The molecule has 0 bridgehead atoms. The zero-order valence-electron chi connectivity index (χ0n) is 12.1. The second kappa shape index (κ2) is 4.43. The average molecular weight is 292 g/mol. The molecular formula is C16H16N6. The van der Waals surface area contributed by atoms with Crippen molar-refractivity contribution in [2.75, 3.05) is 0 Å². The van der Waals surface area contributed by atoms with Gasteiger partial charge >= 0.3 is 0 Å². The quantitative estimate of drug-likeness (QED) is 0.618. The summed E-state index contributed by atoms with van der Waals surface area (Å²) in [7, 11) is 0.